The van der Waals surface area contributed by atoms with Crippen LogP contribution in [0, 0.1) is 0 Å². The van der Waals surface area contributed by atoms with Crippen LogP contribution in [0.2, 0.25) is 0 Å². The Labute approximate surface area is 98.3 Å². The molecule has 0 atom stereocenters. The molecule has 0 aliphatic heterocycles. The van der Waals surface area contributed by atoms with Crippen LogP contribution < -0.4 is 0 Å². The molecule has 0 aliphatic carbocycles. The van der Waals surface area contributed by atoms with Crippen LogP contribution in [0.4, 0.5) is 0 Å². The highest BCUT2D eigenvalue weighted by molar-refractivity contribution is 5.74. The molecule has 0 aromatic rings. The minimum atomic E-state index is -0.197. The summed E-state index contributed by atoms with van der Waals surface area (Å²) in [6, 6.07) is 0. The molecule has 0 saturated heterocycles. The summed E-state index contributed by atoms with van der Waals surface area (Å²) < 4.78 is 9.60. The molecule has 0 radical (unpaired) electrons. The van der Waals surface area contributed by atoms with Gasteiger partial charge < -0.3 is 14.3 Å². The van der Waals surface area contributed by atoms with Gasteiger partial charge >= 0.3 is 5.97 Å². The van der Waals surface area contributed by atoms with E-state index in [1.54, 1.807) is 14.0 Å². The SMILES string of the molecule is CCC(C)=O.COCCCCCOC(C)=O. The first-order valence-corrected chi connectivity index (χ1v) is 5.66. The Morgan fingerprint density at radius 1 is 1.00 bits per heavy atom. The van der Waals surface area contributed by atoms with E-state index in [9.17, 15) is 9.59 Å². The van der Waals surface area contributed by atoms with Crippen molar-refractivity contribution in [3.63, 3.8) is 0 Å². The third-order valence-electron chi connectivity index (χ3n) is 1.80. The Balaban J connectivity index is 0. The molecule has 0 amide bonds. The maximum Gasteiger partial charge on any atom is 0.302 e. The normalized spacial score (nSPS) is 9.00. The number of hydrogen-bond donors (Lipinski definition) is 0. The fourth-order valence-electron chi connectivity index (χ4n) is 0.741. The lowest BCUT2D eigenvalue weighted by Crippen LogP contribution is -2.00. The van der Waals surface area contributed by atoms with Crippen LogP contribution in [0.15, 0.2) is 0 Å². The van der Waals surface area contributed by atoms with Gasteiger partial charge in [-0.05, 0) is 26.2 Å². The smallest absolute Gasteiger partial charge is 0.302 e. The van der Waals surface area contributed by atoms with Gasteiger partial charge in [0.1, 0.15) is 5.78 Å². The predicted molar refractivity (Wildman–Crippen MR) is 63.3 cm³/mol. The number of esters is 1. The summed E-state index contributed by atoms with van der Waals surface area (Å²) >= 11 is 0. The number of carbonyl (C=O) groups is 2. The van der Waals surface area contributed by atoms with Gasteiger partial charge in [-0.3, -0.25) is 4.79 Å². The van der Waals surface area contributed by atoms with Crippen molar-refractivity contribution >= 4 is 11.8 Å². The second-order valence-corrected chi connectivity index (χ2v) is 3.45. The maximum absolute atomic E-state index is 10.3. The summed E-state index contributed by atoms with van der Waals surface area (Å²) in [6.45, 7) is 6.19. The zero-order chi connectivity index (χ0) is 12.8. The topological polar surface area (TPSA) is 52.6 Å². The molecule has 0 heterocycles. The lowest BCUT2D eigenvalue weighted by Gasteiger charge is -2.00. The fourth-order valence-corrected chi connectivity index (χ4v) is 0.741. The lowest BCUT2D eigenvalue weighted by atomic mass is 10.2. The summed E-state index contributed by atoms with van der Waals surface area (Å²) in [5.74, 6) is 0.0572. The summed E-state index contributed by atoms with van der Waals surface area (Å²) in [4.78, 5) is 20.1. The molecule has 16 heavy (non-hydrogen) atoms. The van der Waals surface area contributed by atoms with Gasteiger partial charge in [0.05, 0.1) is 6.61 Å². The van der Waals surface area contributed by atoms with Gasteiger partial charge in [-0.25, -0.2) is 0 Å². The van der Waals surface area contributed by atoms with Gasteiger partial charge in [-0.15, -0.1) is 0 Å². The number of ketones is 1. The molecule has 0 spiro atoms. The molecule has 0 saturated carbocycles. The Morgan fingerprint density at radius 3 is 1.88 bits per heavy atom. The zero-order valence-corrected chi connectivity index (χ0v) is 10.9. The number of rotatable bonds is 7. The van der Waals surface area contributed by atoms with E-state index in [0.717, 1.165) is 25.9 Å². The minimum absolute atomic E-state index is 0.197. The van der Waals surface area contributed by atoms with Crippen LogP contribution in [-0.2, 0) is 19.1 Å². The average molecular weight is 232 g/mol. The first-order chi connectivity index (χ1) is 7.54. The molecule has 4 heteroatoms. The van der Waals surface area contributed by atoms with Gasteiger partial charge in [-0.1, -0.05) is 6.92 Å². The van der Waals surface area contributed by atoms with E-state index in [4.69, 9.17) is 9.47 Å². The van der Waals surface area contributed by atoms with Crippen LogP contribution in [0.25, 0.3) is 0 Å². The number of hydrogen-bond acceptors (Lipinski definition) is 4. The third kappa shape index (κ3) is 23.2. The highest BCUT2D eigenvalue weighted by Gasteiger charge is 1.92. The molecule has 96 valence electrons. The summed E-state index contributed by atoms with van der Waals surface area (Å²) in [7, 11) is 1.69. The van der Waals surface area contributed by atoms with Crippen LogP contribution in [-0.4, -0.2) is 32.1 Å². The van der Waals surface area contributed by atoms with Gasteiger partial charge in [0.15, 0.2) is 0 Å². The van der Waals surface area contributed by atoms with E-state index in [-0.39, 0.29) is 11.8 Å². The Bertz CT molecular complexity index is 178. The van der Waals surface area contributed by atoms with Crippen LogP contribution in [0.5, 0.6) is 0 Å². The van der Waals surface area contributed by atoms with Crippen LogP contribution in [0.1, 0.15) is 46.5 Å². The molecule has 0 aromatic heterocycles. The molecule has 0 unspecified atom stereocenters. The zero-order valence-electron chi connectivity index (χ0n) is 10.9. The second-order valence-electron chi connectivity index (χ2n) is 3.45. The van der Waals surface area contributed by atoms with Gasteiger partial charge in [0.2, 0.25) is 0 Å². The first-order valence-electron chi connectivity index (χ1n) is 5.66. The van der Waals surface area contributed by atoms with Crippen molar-refractivity contribution in [1.82, 2.24) is 0 Å². The second kappa shape index (κ2) is 14.1. The number of ether oxygens (including phenoxy) is 2. The lowest BCUT2D eigenvalue weighted by molar-refractivity contribution is -0.141. The number of unbranched alkanes of at least 4 members (excludes halogenated alkanes) is 2. The van der Waals surface area contributed by atoms with Crippen LogP contribution in [0.3, 0.4) is 0 Å². The molecule has 0 rings (SSSR count). The Kier molecular flexibility index (Phi) is 15.4. The highest BCUT2D eigenvalue weighted by atomic mass is 16.5. The maximum atomic E-state index is 10.3. The van der Waals surface area contributed by atoms with Crippen molar-refractivity contribution < 1.29 is 19.1 Å². The van der Waals surface area contributed by atoms with Crippen molar-refractivity contribution in [2.24, 2.45) is 0 Å². The third-order valence-corrected chi connectivity index (χ3v) is 1.80. The molecule has 0 N–H and O–H groups in total. The van der Waals surface area contributed by atoms with Crippen molar-refractivity contribution in [2.45, 2.75) is 46.5 Å². The van der Waals surface area contributed by atoms with Gasteiger partial charge in [0, 0.05) is 27.1 Å². The molecule has 0 fully saturated rings. The molecule has 0 aliphatic rings. The Hall–Kier alpha value is -0.900. The molecular weight excluding hydrogens is 208 g/mol. The fraction of sp³-hybridized carbons (Fsp3) is 0.833. The van der Waals surface area contributed by atoms with Gasteiger partial charge in [-0.2, -0.15) is 0 Å². The van der Waals surface area contributed by atoms with E-state index in [1.807, 2.05) is 6.92 Å². The highest BCUT2D eigenvalue weighted by Crippen LogP contribution is 1.95. The van der Waals surface area contributed by atoms with E-state index < -0.39 is 0 Å². The van der Waals surface area contributed by atoms with Gasteiger partial charge in [0.25, 0.3) is 0 Å². The van der Waals surface area contributed by atoms with E-state index in [0.29, 0.717) is 13.0 Å². The monoisotopic (exact) mass is 232 g/mol. The minimum Gasteiger partial charge on any atom is -0.466 e. The Morgan fingerprint density at radius 2 is 1.50 bits per heavy atom. The number of methoxy groups -OCH3 is 1. The van der Waals surface area contributed by atoms with Crippen molar-refractivity contribution in [3.05, 3.63) is 0 Å². The van der Waals surface area contributed by atoms with E-state index in [2.05, 4.69) is 0 Å². The average Bonchev–Trinajstić information content (AvgIpc) is 2.23. The first kappa shape index (κ1) is 17.5. The van der Waals surface area contributed by atoms with Crippen molar-refractivity contribution in [3.8, 4) is 0 Å². The quantitative estimate of drug-likeness (QED) is 0.499. The standard InChI is InChI=1S/C8H16O3.C4H8O/c1-8(9)11-7-5-3-4-6-10-2;1-3-4(2)5/h3-7H2,1-2H3;3H2,1-2H3. The van der Waals surface area contributed by atoms with Crippen molar-refractivity contribution in [1.29, 1.82) is 0 Å². The largest absolute Gasteiger partial charge is 0.466 e. The predicted octanol–water partition coefficient (Wildman–Crippen LogP) is 2.35. The molecule has 4 nitrogen and oxygen atoms in total. The summed E-state index contributed by atoms with van der Waals surface area (Å²) in [5.41, 5.74) is 0. The number of carbonyl (C=O) groups excluding carboxylic acids is 2. The molecule has 0 bridgehead atoms. The van der Waals surface area contributed by atoms with Crippen molar-refractivity contribution in [2.75, 3.05) is 20.3 Å². The molecule has 0 aromatic carbocycles. The molecular formula is C12H24O4. The van der Waals surface area contributed by atoms with E-state index in [1.165, 1.54) is 6.92 Å². The summed E-state index contributed by atoms with van der Waals surface area (Å²) in [6.07, 6.45) is 3.70. The van der Waals surface area contributed by atoms with E-state index >= 15 is 0 Å². The summed E-state index contributed by atoms with van der Waals surface area (Å²) in [5, 5.41) is 0. The number of Topliss-reactive ketones (excluding diaryl/α,β-unsaturated/α-hetero) is 1. The van der Waals surface area contributed by atoms with Crippen LogP contribution >= 0.6 is 0 Å².